The standard InChI is InChI=1S/C16H36N4/c1-3-9-18(2)10-6-7-12-20-15-13-19(14-16-20)11-5-4-8-17/h3-17H2,1-2H3. The fourth-order valence-corrected chi connectivity index (χ4v) is 2.93. The SMILES string of the molecule is CCCN(C)CCCCN1CCN(CCCCN)CC1. The van der Waals surface area contributed by atoms with Crippen LogP contribution < -0.4 is 5.73 Å². The van der Waals surface area contributed by atoms with Crippen LogP contribution in [0.15, 0.2) is 0 Å². The first kappa shape index (κ1) is 17.9. The number of nitrogens with zero attached hydrogens (tertiary/aromatic N) is 3. The Bertz CT molecular complexity index is 215. The van der Waals surface area contributed by atoms with Crippen molar-refractivity contribution in [1.29, 1.82) is 0 Å². The maximum absolute atomic E-state index is 5.54. The van der Waals surface area contributed by atoms with E-state index >= 15 is 0 Å². The smallest absolute Gasteiger partial charge is 0.0110 e. The zero-order chi connectivity index (χ0) is 14.6. The molecule has 2 N–H and O–H groups in total. The predicted octanol–water partition coefficient (Wildman–Crippen LogP) is 1.46. The van der Waals surface area contributed by atoms with Gasteiger partial charge in [-0.1, -0.05) is 6.92 Å². The molecular weight excluding hydrogens is 248 g/mol. The van der Waals surface area contributed by atoms with E-state index < -0.39 is 0 Å². The van der Waals surface area contributed by atoms with Crippen molar-refractivity contribution in [1.82, 2.24) is 14.7 Å². The molecule has 0 bridgehead atoms. The summed E-state index contributed by atoms with van der Waals surface area (Å²) in [5, 5.41) is 0. The molecule has 0 aromatic heterocycles. The van der Waals surface area contributed by atoms with Gasteiger partial charge in [0.05, 0.1) is 0 Å². The molecule has 1 aliphatic heterocycles. The topological polar surface area (TPSA) is 35.7 Å². The molecule has 0 radical (unpaired) electrons. The van der Waals surface area contributed by atoms with Crippen LogP contribution in [0.2, 0.25) is 0 Å². The molecule has 1 saturated heterocycles. The van der Waals surface area contributed by atoms with Gasteiger partial charge in [0.15, 0.2) is 0 Å². The van der Waals surface area contributed by atoms with Gasteiger partial charge in [-0.25, -0.2) is 0 Å². The van der Waals surface area contributed by atoms with Gasteiger partial charge in [-0.3, -0.25) is 0 Å². The molecule has 20 heavy (non-hydrogen) atoms. The lowest BCUT2D eigenvalue weighted by Gasteiger charge is -2.34. The average Bonchev–Trinajstić information content (AvgIpc) is 2.46. The van der Waals surface area contributed by atoms with Gasteiger partial charge in [0.25, 0.3) is 0 Å². The fraction of sp³-hybridized carbons (Fsp3) is 1.00. The highest BCUT2D eigenvalue weighted by molar-refractivity contribution is 4.72. The molecule has 1 rings (SSSR count). The van der Waals surface area contributed by atoms with Crippen LogP contribution in [0.25, 0.3) is 0 Å². The average molecular weight is 284 g/mol. The molecule has 0 saturated carbocycles. The molecule has 0 aliphatic carbocycles. The molecule has 0 unspecified atom stereocenters. The lowest BCUT2D eigenvalue weighted by molar-refractivity contribution is 0.128. The molecule has 120 valence electrons. The summed E-state index contributed by atoms with van der Waals surface area (Å²) in [6, 6.07) is 0. The van der Waals surface area contributed by atoms with Gasteiger partial charge in [-0.15, -0.1) is 0 Å². The van der Waals surface area contributed by atoms with E-state index in [1.54, 1.807) is 0 Å². The largest absolute Gasteiger partial charge is 0.330 e. The van der Waals surface area contributed by atoms with Crippen LogP contribution in [-0.2, 0) is 0 Å². The highest BCUT2D eigenvalue weighted by Crippen LogP contribution is 2.05. The summed E-state index contributed by atoms with van der Waals surface area (Å²) in [5.74, 6) is 0. The fourth-order valence-electron chi connectivity index (χ4n) is 2.93. The lowest BCUT2D eigenvalue weighted by Crippen LogP contribution is -2.46. The molecule has 0 spiro atoms. The molecule has 1 aliphatic rings. The maximum atomic E-state index is 5.54. The van der Waals surface area contributed by atoms with Crippen LogP contribution in [0.4, 0.5) is 0 Å². The second-order valence-electron chi connectivity index (χ2n) is 6.19. The van der Waals surface area contributed by atoms with Crippen molar-refractivity contribution in [2.75, 3.05) is 66.0 Å². The van der Waals surface area contributed by atoms with E-state index in [2.05, 4.69) is 28.7 Å². The summed E-state index contributed by atoms with van der Waals surface area (Å²) < 4.78 is 0. The number of nitrogens with two attached hydrogens (primary N) is 1. The maximum Gasteiger partial charge on any atom is 0.0110 e. The Morgan fingerprint density at radius 2 is 1.40 bits per heavy atom. The molecular formula is C16H36N4. The third kappa shape index (κ3) is 8.20. The Hall–Kier alpha value is -0.160. The van der Waals surface area contributed by atoms with Gasteiger partial charge in [0.2, 0.25) is 0 Å². The monoisotopic (exact) mass is 284 g/mol. The predicted molar refractivity (Wildman–Crippen MR) is 88.2 cm³/mol. The minimum Gasteiger partial charge on any atom is -0.330 e. The molecule has 1 heterocycles. The summed E-state index contributed by atoms with van der Waals surface area (Å²) in [6.07, 6.45) is 6.39. The van der Waals surface area contributed by atoms with E-state index in [1.165, 1.54) is 84.5 Å². The number of hydrogen-bond acceptors (Lipinski definition) is 4. The summed E-state index contributed by atoms with van der Waals surface area (Å²) in [7, 11) is 2.24. The van der Waals surface area contributed by atoms with Crippen LogP contribution in [-0.4, -0.2) is 80.7 Å². The molecule has 4 nitrogen and oxygen atoms in total. The number of unbranched alkanes of at least 4 members (excludes halogenated alkanes) is 2. The van der Waals surface area contributed by atoms with Crippen molar-refractivity contribution in [3.8, 4) is 0 Å². The first-order valence-electron chi connectivity index (χ1n) is 8.59. The molecule has 0 amide bonds. The normalized spacial score (nSPS) is 18.0. The minimum atomic E-state index is 0.840. The zero-order valence-corrected chi connectivity index (χ0v) is 13.8. The van der Waals surface area contributed by atoms with Crippen LogP contribution in [0.1, 0.15) is 39.0 Å². The van der Waals surface area contributed by atoms with Crippen LogP contribution >= 0.6 is 0 Å². The summed E-state index contributed by atoms with van der Waals surface area (Å²) in [5.41, 5.74) is 5.54. The number of piperazine rings is 1. The third-order valence-corrected chi connectivity index (χ3v) is 4.26. The lowest BCUT2D eigenvalue weighted by atomic mass is 10.2. The van der Waals surface area contributed by atoms with Crippen molar-refractivity contribution in [2.45, 2.75) is 39.0 Å². The molecule has 4 heteroatoms. The number of rotatable bonds is 11. The van der Waals surface area contributed by atoms with E-state index in [1.807, 2.05) is 0 Å². The van der Waals surface area contributed by atoms with E-state index in [0.29, 0.717) is 0 Å². The third-order valence-electron chi connectivity index (χ3n) is 4.26. The van der Waals surface area contributed by atoms with Gasteiger partial charge in [0, 0.05) is 26.2 Å². The highest BCUT2D eigenvalue weighted by Gasteiger charge is 2.15. The summed E-state index contributed by atoms with van der Waals surface area (Å²) in [6.45, 7) is 13.1. The Morgan fingerprint density at radius 1 is 0.850 bits per heavy atom. The summed E-state index contributed by atoms with van der Waals surface area (Å²) in [4.78, 5) is 7.69. The van der Waals surface area contributed by atoms with E-state index in [-0.39, 0.29) is 0 Å². The Labute approximate surface area is 126 Å². The van der Waals surface area contributed by atoms with Crippen LogP contribution in [0.3, 0.4) is 0 Å². The van der Waals surface area contributed by atoms with Crippen LogP contribution in [0.5, 0.6) is 0 Å². The van der Waals surface area contributed by atoms with Crippen molar-refractivity contribution >= 4 is 0 Å². The van der Waals surface area contributed by atoms with Gasteiger partial charge in [-0.2, -0.15) is 0 Å². The minimum absolute atomic E-state index is 0.840. The van der Waals surface area contributed by atoms with E-state index in [4.69, 9.17) is 5.73 Å². The van der Waals surface area contributed by atoms with Crippen molar-refractivity contribution < 1.29 is 0 Å². The van der Waals surface area contributed by atoms with Crippen molar-refractivity contribution in [2.24, 2.45) is 5.73 Å². The molecule has 0 aromatic rings. The van der Waals surface area contributed by atoms with E-state index in [0.717, 1.165) is 6.54 Å². The zero-order valence-electron chi connectivity index (χ0n) is 13.8. The quantitative estimate of drug-likeness (QED) is 0.583. The van der Waals surface area contributed by atoms with Gasteiger partial charge < -0.3 is 20.4 Å². The first-order chi connectivity index (χ1) is 9.76. The van der Waals surface area contributed by atoms with Crippen molar-refractivity contribution in [3.63, 3.8) is 0 Å². The Kier molecular flexibility index (Phi) is 10.3. The van der Waals surface area contributed by atoms with Gasteiger partial charge in [-0.05, 0) is 71.9 Å². The second-order valence-corrected chi connectivity index (χ2v) is 6.19. The second kappa shape index (κ2) is 11.5. The molecule has 1 fully saturated rings. The molecule has 0 atom stereocenters. The van der Waals surface area contributed by atoms with E-state index in [9.17, 15) is 0 Å². The number of hydrogen-bond donors (Lipinski definition) is 1. The van der Waals surface area contributed by atoms with Gasteiger partial charge in [0.1, 0.15) is 0 Å². The summed E-state index contributed by atoms with van der Waals surface area (Å²) >= 11 is 0. The van der Waals surface area contributed by atoms with Gasteiger partial charge >= 0.3 is 0 Å². The Morgan fingerprint density at radius 3 is 1.90 bits per heavy atom. The van der Waals surface area contributed by atoms with Crippen molar-refractivity contribution in [3.05, 3.63) is 0 Å². The Balaban J connectivity index is 1.96. The molecule has 0 aromatic carbocycles. The van der Waals surface area contributed by atoms with Crippen LogP contribution in [0, 0.1) is 0 Å². The highest BCUT2D eigenvalue weighted by atomic mass is 15.3. The first-order valence-corrected chi connectivity index (χ1v) is 8.59.